The van der Waals surface area contributed by atoms with E-state index in [4.69, 9.17) is 10.2 Å². The lowest BCUT2D eigenvalue weighted by atomic mass is 10.1. The molecular formula is C45H57N6O6S2+. The number of nitrogens with zero attached hydrogens (tertiary/aromatic N) is 3. The molecule has 0 aliphatic heterocycles. The van der Waals surface area contributed by atoms with Crippen molar-refractivity contribution in [1.82, 2.24) is 16.0 Å². The summed E-state index contributed by atoms with van der Waals surface area (Å²) in [5.74, 6) is -0.173. The molecular weight excluding hydrogens is 785 g/mol. The Bertz CT molecular complexity index is 1910. The van der Waals surface area contributed by atoms with Gasteiger partial charge in [-0.15, -0.1) is 0 Å². The first kappa shape index (κ1) is 47.6. The van der Waals surface area contributed by atoms with Gasteiger partial charge in [-0.1, -0.05) is 76.7 Å². The van der Waals surface area contributed by atoms with Gasteiger partial charge in [0.05, 0.1) is 0 Å². The van der Waals surface area contributed by atoms with Crippen LogP contribution in [-0.2, 0) is 25.7 Å². The van der Waals surface area contributed by atoms with Crippen LogP contribution in [0.3, 0.4) is 0 Å². The van der Waals surface area contributed by atoms with Crippen molar-refractivity contribution in [1.29, 1.82) is 0 Å². The Kier molecular flexibility index (Phi) is 22.5. The van der Waals surface area contributed by atoms with Crippen LogP contribution in [0.2, 0.25) is 0 Å². The lowest BCUT2D eigenvalue weighted by Gasteiger charge is -2.16. The smallest absolute Gasteiger partial charge is 0.323 e. The number of carboxylic acid groups (broad SMARTS) is 2. The number of benzene rings is 2. The predicted molar refractivity (Wildman–Crippen MR) is 244 cm³/mol. The third-order valence-corrected chi connectivity index (χ3v) is 11.0. The summed E-state index contributed by atoms with van der Waals surface area (Å²) < 4.78 is 2.12. The number of likely N-dealkylation sites (N-methyl/N-ethyl adjacent to an activating group) is 2. The Morgan fingerprint density at radius 3 is 1.81 bits per heavy atom. The number of carbonyl (C=O) groups is 4. The molecule has 0 aliphatic carbocycles. The number of allylic oxidation sites excluding steroid dienone is 5. The monoisotopic (exact) mass is 841 g/mol. The van der Waals surface area contributed by atoms with Crippen molar-refractivity contribution in [2.24, 2.45) is 0 Å². The van der Waals surface area contributed by atoms with Crippen LogP contribution in [0.15, 0.2) is 116 Å². The van der Waals surface area contributed by atoms with E-state index in [1.807, 2.05) is 115 Å². The predicted octanol–water partition coefficient (Wildman–Crippen LogP) is 6.29. The molecule has 0 bridgehead atoms. The molecule has 5 N–H and O–H groups in total. The van der Waals surface area contributed by atoms with E-state index in [1.54, 1.807) is 51.6 Å². The molecule has 0 atom stereocenters. The van der Waals surface area contributed by atoms with Gasteiger partial charge in [0, 0.05) is 99.8 Å². The van der Waals surface area contributed by atoms with Crippen LogP contribution in [0.1, 0.15) is 42.5 Å². The van der Waals surface area contributed by atoms with Gasteiger partial charge < -0.3 is 36.0 Å². The van der Waals surface area contributed by atoms with Crippen molar-refractivity contribution in [2.75, 3.05) is 68.1 Å². The maximum Gasteiger partial charge on any atom is 0.323 e. The Labute approximate surface area is 356 Å². The molecule has 0 aliphatic rings. The van der Waals surface area contributed by atoms with Gasteiger partial charge in [0.25, 0.3) is 0 Å². The molecule has 0 unspecified atom stereocenters. The van der Waals surface area contributed by atoms with E-state index in [2.05, 4.69) is 27.1 Å². The molecule has 1 aromatic heterocycles. The minimum atomic E-state index is -0.882. The summed E-state index contributed by atoms with van der Waals surface area (Å²) in [7, 11) is 6.83. The van der Waals surface area contributed by atoms with Crippen molar-refractivity contribution in [3.8, 4) is 0 Å². The van der Waals surface area contributed by atoms with Gasteiger partial charge >= 0.3 is 11.9 Å². The summed E-state index contributed by atoms with van der Waals surface area (Å²) in [6.07, 6.45) is 19.6. The largest absolute Gasteiger partial charge is 0.480 e. The lowest BCUT2D eigenvalue weighted by Crippen LogP contribution is -2.37. The summed E-state index contributed by atoms with van der Waals surface area (Å²) in [5, 5.41) is 27.4. The first-order chi connectivity index (χ1) is 28.5. The van der Waals surface area contributed by atoms with Gasteiger partial charge in [-0.2, -0.15) is 4.57 Å². The number of anilines is 2. The fourth-order valence-corrected chi connectivity index (χ4v) is 7.36. The maximum absolute atomic E-state index is 12.5. The lowest BCUT2D eigenvalue weighted by molar-refractivity contribution is -0.698. The summed E-state index contributed by atoms with van der Waals surface area (Å²) in [6, 6.07) is 21.3. The van der Waals surface area contributed by atoms with Gasteiger partial charge in [-0.25, -0.2) is 0 Å². The second kappa shape index (κ2) is 27.8. The van der Waals surface area contributed by atoms with Crippen LogP contribution in [0.5, 0.6) is 0 Å². The molecule has 14 heteroatoms. The summed E-state index contributed by atoms with van der Waals surface area (Å²) in [5.41, 5.74) is 5.54. The van der Waals surface area contributed by atoms with Crippen molar-refractivity contribution in [2.45, 2.75) is 32.2 Å². The summed E-state index contributed by atoms with van der Waals surface area (Å²) in [4.78, 5) is 50.2. The number of rotatable bonds is 28. The Morgan fingerprint density at radius 2 is 1.25 bits per heavy atom. The van der Waals surface area contributed by atoms with Gasteiger partial charge in [0.15, 0.2) is 6.20 Å². The van der Waals surface area contributed by atoms with E-state index in [0.717, 1.165) is 45.4 Å². The molecule has 0 fully saturated rings. The van der Waals surface area contributed by atoms with Gasteiger partial charge in [0.1, 0.15) is 19.6 Å². The standard InChI is InChI=1S/C45H56N6O6S2/c1-4-5-6-11-38(21-15-36-16-22-39(23-17-36)49(2)34-44(54)55)46-27-9-13-42(52)47-28-32-58-59-33-29-48-43(53)14-10-31-51-30-8-7-12-41(51)26-20-37-18-24-40(25-19-37)50(3)35-45(56)57/h4-8,11-12,15-26,30,46H,1,9-10,13-14,27-29,31-35H2,2-3H3,(H3-,47,48,52,53,54,55,56,57)/p+1/b6-5-,21-15+,38-11-. The number of hydrogen-bond donors (Lipinski definition) is 5. The second-order valence-corrected chi connectivity index (χ2v) is 16.1. The molecule has 0 saturated carbocycles. The molecule has 1 heterocycles. The molecule has 2 aromatic carbocycles. The Balaban J connectivity index is 1.24. The highest BCUT2D eigenvalue weighted by Gasteiger charge is 2.10. The number of aromatic nitrogens is 1. The summed E-state index contributed by atoms with van der Waals surface area (Å²) in [6.45, 7) is 6.07. The van der Waals surface area contributed by atoms with Crippen molar-refractivity contribution >= 4 is 74.9 Å². The van der Waals surface area contributed by atoms with E-state index >= 15 is 0 Å². The van der Waals surface area contributed by atoms with Gasteiger partial charge in [-0.3, -0.25) is 19.2 Å². The maximum atomic E-state index is 12.5. The highest BCUT2D eigenvalue weighted by molar-refractivity contribution is 8.76. The van der Waals surface area contributed by atoms with Crippen molar-refractivity contribution < 1.29 is 34.0 Å². The van der Waals surface area contributed by atoms with Crippen LogP contribution >= 0.6 is 21.6 Å². The topological polar surface area (TPSA) is 155 Å². The molecule has 59 heavy (non-hydrogen) atoms. The Hall–Kier alpha value is -5.73. The highest BCUT2D eigenvalue weighted by Crippen LogP contribution is 2.19. The van der Waals surface area contributed by atoms with Crippen molar-refractivity contribution in [3.63, 3.8) is 0 Å². The molecule has 0 radical (unpaired) electrons. The quantitative estimate of drug-likeness (QED) is 0.0243. The molecule has 0 spiro atoms. The molecule has 0 saturated heterocycles. The first-order valence-electron chi connectivity index (χ1n) is 19.5. The fraction of sp³-hybridized carbons (Fsp3) is 0.311. The Morgan fingerprint density at radius 1 is 0.695 bits per heavy atom. The molecule has 3 rings (SSSR count). The number of pyridine rings is 1. The van der Waals surface area contributed by atoms with E-state index in [1.165, 1.54) is 0 Å². The SMILES string of the molecule is C=C\C=C/C=C(/C=C/c1ccc(N(C)CC(=O)O)cc1)NCCCC(=O)NCCSSCCNC(=O)CCC[n+]1ccccc1/C=C/c1ccc(N(C)CC(=O)O)cc1. The van der Waals surface area contributed by atoms with Crippen LogP contribution in [0, 0.1) is 0 Å². The zero-order valence-electron chi connectivity index (χ0n) is 33.9. The second-order valence-electron chi connectivity index (χ2n) is 13.4. The number of hydrogen-bond acceptors (Lipinski definition) is 9. The van der Waals surface area contributed by atoms with Crippen LogP contribution in [0.4, 0.5) is 11.4 Å². The normalized spacial score (nSPS) is 11.5. The minimum absolute atomic E-state index is 0.0104. The fourth-order valence-electron chi connectivity index (χ4n) is 5.54. The average molecular weight is 842 g/mol. The number of nitrogens with one attached hydrogen (secondary N) is 3. The number of aliphatic carboxylic acids is 2. The minimum Gasteiger partial charge on any atom is -0.480 e. The van der Waals surface area contributed by atoms with Gasteiger partial charge in [0.2, 0.25) is 17.5 Å². The average Bonchev–Trinajstić information content (AvgIpc) is 3.21. The van der Waals surface area contributed by atoms with Crippen molar-refractivity contribution in [3.05, 3.63) is 132 Å². The zero-order chi connectivity index (χ0) is 42.7. The molecule has 12 nitrogen and oxygen atoms in total. The van der Waals surface area contributed by atoms with E-state index in [-0.39, 0.29) is 24.9 Å². The van der Waals surface area contributed by atoms with E-state index < -0.39 is 11.9 Å². The van der Waals surface area contributed by atoms with Crippen LogP contribution in [-0.4, -0.2) is 92.3 Å². The first-order valence-corrected chi connectivity index (χ1v) is 21.9. The number of carboxylic acids is 2. The number of carbonyl (C=O) groups excluding carboxylic acids is 2. The highest BCUT2D eigenvalue weighted by atomic mass is 33.1. The van der Waals surface area contributed by atoms with Crippen LogP contribution < -0.4 is 30.3 Å². The molecule has 314 valence electrons. The number of amides is 2. The number of aryl methyl sites for hydroxylation is 1. The molecule has 3 aromatic rings. The third-order valence-electron chi connectivity index (χ3n) is 8.62. The molecule has 2 amide bonds. The summed E-state index contributed by atoms with van der Waals surface area (Å²) >= 11 is 0. The van der Waals surface area contributed by atoms with E-state index in [9.17, 15) is 19.2 Å². The van der Waals surface area contributed by atoms with E-state index in [0.29, 0.717) is 51.9 Å². The zero-order valence-corrected chi connectivity index (χ0v) is 35.6. The third kappa shape index (κ3) is 20.5. The van der Waals surface area contributed by atoms with Crippen LogP contribution in [0.25, 0.3) is 18.2 Å². The van der Waals surface area contributed by atoms with Gasteiger partial charge in [-0.05, 0) is 66.1 Å².